The van der Waals surface area contributed by atoms with Crippen molar-refractivity contribution in [3.63, 3.8) is 0 Å². The lowest BCUT2D eigenvalue weighted by molar-refractivity contribution is -0.115. The summed E-state index contributed by atoms with van der Waals surface area (Å²) in [5, 5.41) is 21.4. The lowest BCUT2D eigenvalue weighted by atomic mass is 10.0. The Labute approximate surface area is 201 Å². The van der Waals surface area contributed by atoms with Crippen LogP contribution in [0.3, 0.4) is 0 Å². The fourth-order valence-corrected chi connectivity index (χ4v) is 2.84. The van der Waals surface area contributed by atoms with E-state index in [-0.39, 0.29) is 18.2 Å². The number of rotatable bonds is 9. The van der Waals surface area contributed by atoms with Crippen LogP contribution in [-0.2, 0) is 24.2 Å². The predicted molar refractivity (Wildman–Crippen MR) is 132 cm³/mol. The Morgan fingerprint density at radius 2 is 1.76 bits per heavy atom. The normalized spacial score (nSPS) is 10.6. The summed E-state index contributed by atoms with van der Waals surface area (Å²) in [6.45, 7) is 10.7. The molecule has 0 aliphatic carbocycles. The number of aryl methyl sites for hydroxylation is 1. The highest BCUT2D eigenvalue weighted by Crippen LogP contribution is 2.11. The van der Waals surface area contributed by atoms with Gasteiger partial charge in [-0.05, 0) is 43.0 Å². The smallest absolute Gasteiger partial charge is 0.273 e. The molecule has 0 aromatic carbocycles. The van der Waals surface area contributed by atoms with E-state index >= 15 is 0 Å². The maximum absolute atomic E-state index is 12.1. The highest BCUT2D eigenvalue weighted by molar-refractivity contribution is 5.91. The molecule has 3 aromatic rings. The van der Waals surface area contributed by atoms with Crippen molar-refractivity contribution >= 4 is 17.6 Å². The number of amides is 2. The fraction of sp³-hybridized carbons (Fsp3) is 0.458. The Hall–Kier alpha value is -3.69. The van der Waals surface area contributed by atoms with Crippen molar-refractivity contribution in [2.45, 2.75) is 60.4 Å². The van der Waals surface area contributed by atoms with Crippen LogP contribution in [0.25, 0.3) is 0 Å². The molecule has 0 aliphatic rings. The molecule has 34 heavy (non-hydrogen) atoms. The molecule has 1 unspecified atom stereocenters. The first kappa shape index (κ1) is 28.3. The van der Waals surface area contributed by atoms with Crippen LogP contribution >= 0.6 is 0 Å². The molecule has 0 spiro atoms. The highest BCUT2D eigenvalue weighted by Gasteiger charge is 2.11. The minimum atomic E-state index is -0.253. The van der Waals surface area contributed by atoms with E-state index in [0.29, 0.717) is 29.7 Å². The predicted octanol–water partition coefficient (Wildman–Crippen LogP) is 3.33. The van der Waals surface area contributed by atoms with Crippen LogP contribution in [-0.4, -0.2) is 49.0 Å². The summed E-state index contributed by atoms with van der Waals surface area (Å²) in [7, 11) is 1.56. The molecule has 0 fully saturated rings. The van der Waals surface area contributed by atoms with Gasteiger partial charge < -0.3 is 10.6 Å². The number of carbonyl (C=O) groups excluding carboxylic acids is 2. The van der Waals surface area contributed by atoms with Crippen LogP contribution in [0.4, 0.5) is 5.82 Å². The molecule has 0 bridgehead atoms. The molecule has 0 radical (unpaired) electrons. The van der Waals surface area contributed by atoms with Gasteiger partial charge in [-0.25, -0.2) is 0 Å². The zero-order chi connectivity index (χ0) is 25.3. The number of hydrogen-bond acceptors (Lipinski definition) is 7. The van der Waals surface area contributed by atoms with Crippen LogP contribution in [0, 0.1) is 5.92 Å². The molecule has 1 atom stereocenters. The zero-order valence-corrected chi connectivity index (χ0v) is 20.9. The van der Waals surface area contributed by atoms with Gasteiger partial charge >= 0.3 is 0 Å². The lowest BCUT2D eigenvalue weighted by Crippen LogP contribution is -2.18. The first-order chi connectivity index (χ1) is 16.5. The van der Waals surface area contributed by atoms with Gasteiger partial charge in [0.25, 0.3) is 5.91 Å². The third kappa shape index (κ3) is 9.85. The van der Waals surface area contributed by atoms with Crippen LogP contribution in [0.15, 0.2) is 42.7 Å². The Morgan fingerprint density at radius 1 is 1.00 bits per heavy atom. The number of nitrogens with zero attached hydrogens (tertiary/aromatic N) is 6. The van der Waals surface area contributed by atoms with E-state index in [1.54, 1.807) is 42.3 Å². The molecule has 0 saturated carbocycles. The molecular weight excluding hydrogens is 432 g/mol. The summed E-state index contributed by atoms with van der Waals surface area (Å²) in [5.74, 6) is 0.283. The number of anilines is 1. The maximum atomic E-state index is 12.1. The SMILES string of the molecule is CC.CC.CNC(=O)c1cn(CC(C)CCc2ccc(NC(=O)Cc3ccccn3)nn2)nn1. The third-order valence-corrected chi connectivity index (χ3v) is 4.45. The number of hydrogen-bond donors (Lipinski definition) is 2. The van der Waals surface area contributed by atoms with Crippen LogP contribution in [0.5, 0.6) is 0 Å². The second kappa shape index (κ2) is 16.0. The van der Waals surface area contributed by atoms with Gasteiger partial charge in [0, 0.05) is 25.5 Å². The van der Waals surface area contributed by atoms with E-state index in [0.717, 1.165) is 18.5 Å². The van der Waals surface area contributed by atoms with Crippen molar-refractivity contribution in [3.05, 3.63) is 59.8 Å². The summed E-state index contributed by atoms with van der Waals surface area (Å²) in [4.78, 5) is 27.7. The summed E-state index contributed by atoms with van der Waals surface area (Å²) < 4.78 is 1.67. The Kier molecular flexibility index (Phi) is 13.3. The highest BCUT2D eigenvalue weighted by atomic mass is 16.2. The number of aromatic nitrogens is 6. The molecule has 184 valence electrons. The average molecular weight is 469 g/mol. The summed E-state index contributed by atoms with van der Waals surface area (Å²) in [5.41, 5.74) is 1.84. The van der Waals surface area contributed by atoms with Gasteiger partial charge in [0.05, 0.1) is 18.3 Å². The van der Waals surface area contributed by atoms with Gasteiger partial charge in [-0.1, -0.05) is 45.9 Å². The Bertz CT molecular complexity index is 974. The minimum Gasteiger partial charge on any atom is -0.354 e. The number of carbonyl (C=O) groups is 2. The van der Waals surface area contributed by atoms with Gasteiger partial charge in [0.1, 0.15) is 0 Å². The Morgan fingerprint density at radius 3 is 2.38 bits per heavy atom. The second-order valence-corrected chi connectivity index (χ2v) is 7.00. The van der Waals surface area contributed by atoms with Crippen LogP contribution in [0.2, 0.25) is 0 Å². The van der Waals surface area contributed by atoms with Crippen molar-refractivity contribution in [3.8, 4) is 0 Å². The molecule has 10 heteroatoms. The molecule has 0 saturated heterocycles. The first-order valence-electron chi connectivity index (χ1n) is 11.7. The first-order valence-corrected chi connectivity index (χ1v) is 11.7. The summed E-state index contributed by atoms with van der Waals surface area (Å²) in [6, 6.07) is 9.05. The van der Waals surface area contributed by atoms with Gasteiger partial charge in [0.2, 0.25) is 5.91 Å². The average Bonchev–Trinajstić information content (AvgIpc) is 3.34. The van der Waals surface area contributed by atoms with E-state index in [1.807, 2.05) is 39.8 Å². The summed E-state index contributed by atoms with van der Waals surface area (Å²) >= 11 is 0. The van der Waals surface area contributed by atoms with Gasteiger partial charge in [-0.3, -0.25) is 19.3 Å². The molecule has 2 amide bonds. The lowest BCUT2D eigenvalue weighted by Gasteiger charge is -2.10. The monoisotopic (exact) mass is 468 g/mol. The maximum Gasteiger partial charge on any atom is 0.273 e. The zero-order valence-electron chi connectivity index (χ0n) is 20.9. The number of nitrogens with one attached hydrogen (secondary N) is 2. The van der Waals surface area contributed by atoms with Crippen molar-refractivity contribution in [2.75, 3.05) is 12.4 Å². The molecule has 0 aliphatic heterocycles. The second-order valence-electron chi connectivity index (χ2n) is 7.00. The molecule has 2 N–H and O–H groups in total. The van der Waals surface area contributed by atoms with Gasteiger partial charge in [-0.2, -0.15) is 5.10 Å². The standard InChI is InChI=1S/C20H24N8O2.2C2H6/c1-14(12-28-13-17(25-27-28)20(30)21-2)6-7-15-8-9-18(26-24-15)23-19(29)11-16-5-3-4-10-22-16;2*1-2/h3-5,8-10,13-14H,6-7,11-12H2,1-2H3,(H,21,30)(H,23,26,29);2*1-2H3. The largest absolute Gasteiger partial charge is 0.354 e. The molecule has 3 heterocycles. The summed E-state index contributed by atoms with van der Waals surface area (Å²) in [6.07, 6.45) is 5.09. The van der Waals surface area contributed by atoms with E-state index in [9.17, 15) is 9.59 Å². The molecular formula is C24H36N8O2. The molecule has 10 nitrogen and oxygen atoms in total. The third-order valence-electron chi connectivity index (χ3n) is 4.45. The van der Waals surface area contributed by atoms with Gasteiger partial charge in [0.15, 0.2) is 11.5 Å². The minimum absolute atomic E-state index is 0.186. The molecule has 3 aromatic heterocycles. The Balaban J connectivity index is 0.00000137. The number of pyridine rings is 1. The van der Waals surface area contributed by atoms with Crippen molar-refractivity contribution in [1.82, 2.24) is 35.5 Å². The van der Waals surface area contributed by atoms with Gasteiger partial charge in [-0.15, -0.1) is 10.2 Å². The topological polar surface area (TPSA) is 128 Å². The van der Waals surface area contributed by atoms with E-state index < -0.39 is 0 Å². The van der Waals surface area contributed by atoms with E-state index in [4.69, 9.17) is 0 Å². The van der Waals surface area contributed by atoms with Crippen molar-refractivity contribution < 1.29 is 9.59 Å². The quantitative estimate of drug-likeness (QED) is 0.493. The van der Waals surface area contributed by atoms with Crippen LogP contribution < -0.4 is 10.6 Å². The van der Waals surface area contributed by atoms with Crippen molar-refractivity contribution in [2.24, 2.45) is 5.92 Å². The fourth-order valence-electron chi connectivity index (χ4n) is 2.84. The molecule has 3 rings (SSSR count). The van der Waals surface area contributed by atoms with Crippen LogP contribution in [0.1, 0.15) is 62.9 Å². The van der Waals surface area contributed by atoms with E-state index in [2.05, 4.69) is 43.1 Å². The van der Waals surface area contributed by atoms with E-state index in [1.165, 1.54) is 0 Å². The van der Waals surface area contributed by atoms with Crippen molar-refractivity contribution in [1.29, 1.82) is 0 Å².